The Morgan fingerprint density at radius 1 is 1.19 bits per heavy atom. The minimum absolute atomic E-state index is 0.0119. The summed E-state index contributed by atoms with van der Waals surface area (Å²) in [4.78, 5) is 25.1. The maximum absolute atomic E-state index is 12.9. The van der Waals surface area contributed by atoms with E-state index in [1.807, 2.05) is 37.3 Å². The fourth-order valence-electron chi connectivity index (χ4n) is 3.26. The summed E-state index contributed by atoms with van der Waals surface area (Å²) < 4.78 is 20.5. The molecular weight excluding hydrogens is 463 g/mol. The molecule has 0 radical (unpaired) electrons. The molecule has 27 heavy (non-hydrogen) atoms. The second-order valence-electron chi connectivity index (χ2n) is 6.51. The van der Waals surface area contributed by atoms with E-state index in [9.17, 15) is 9.59 Å². The van der Waals surface area contributed by atoms with Crippen LogP contribution in [0.25, 0.3) is 0 Å². The largest absolute Gasteiger partial charge is 0.376 e. The first-order valence-corrected chi connectivity index (χ1v) is 10.3. The van der Waals surface area contributed by atoms with E-state index in [1.165, 1.54) is 16.8 Å². The van der Waals surface area contributed by atoms with E-state index in [2.05, 4.69) is 22.6 Å². The molecule has 0 aliphatic carbocycles. The molecule has 1 unspecified atom stereocenters. The Morgan fingerprint density at radius 3 is 2.59 bits per heavy atom. The molecule has 146 valence electrons. The molecule has 0 bridgehead atoms. The lowest BCUT2D eigenvalue weighted by Crippen LogP contribution is -2.43. The van der Waals surface area contributed by atoms with Crippen LogP contribution in [0, 0.1) is 5.92 Å². The molecule has 8 heteroatoms. The van der Waals surface area contributed by atoms with Crippen LogP contribution in [0.15, 0.2) is 52.2 Å². The summed E-state index contributed by atoms with van der Waals surface area (Å²) in [6, 6.07) is 10.9. The van der Waals surface area contributed by atoms with Gasteiger partial charge in [0, 0.05) is 29.7 Å². The van der Waals surface area contributed by atoms with Crippen LogP contribution in [0.4, 0.5) is 0 Å². The molecule has 1 aliphatic rings. The van der Waals surface area contributed by atoms with Crippen molar-refractivity contribution < 1.29 is 14.2 Å². The highest BCUT2D eigenvalue weighted by Gasteiger charge is 2.43. The molecule has 1 saturated heterocycles. The van der Waals surface area contributed by atoms with Gasteiger partial charge in [-0.25, -0.2) is 9.36 Å². The Morgan fingerprint density at radius 2 is 1.93 bits per heavy atom. The van der Waals surface area contributed by atoms with Gasteiger partial charge in [0.2, 0.25) is 0 Å². The van der Waals surface area contributed by atoms with Gasteiger partial charge >= 0.3 is 5.69 Å². The normalized spacial score (nSPS) is 25.0. The average molecular weight is 486 g/mol. The SMILES string of the molecule is COC1[C@@H](C)[C@@H](CI)O[C@H]1n1ccc(=O)n(COCc2ccccc2)c1=O. The monoisotopic (exact) mass is 486 g/mol. The summed E-state index contributed by atoms with van der Waals surface area (Å²) in [7, 11) is 1.61. The van der Waals surface area contributed by atoms with E-state index < -0.39 is 17.5 Å². The molecule has 4 atom stereocenters. The van der Waals surface area contributed by atoms with Gasteiger partial charge in [-0.1, -0.05) is 59.8 Å². The van der Waals surface area contributed by atoms with E-state index in [0.717, 1.165) is 14.6 Å². The number of benzene rings is 1. The summed E-state index contributed by atoms with van der Waals surface area (Å²) in [6.07, 6.45) is 0.621. The lowest BCUT2D eigenvalue weighted by molar-refractivity contribution is -0.0498. The second-order valence-corrected chi connectivity index (χ2v) is 7.39. The zero-order chi connectivity index (χ0) is 19.4. The van der Waals surface area contributed by atoms with Gasteiger partial charge in [-0.05, 0) is 5.56 Å². The van der Waals surface area contributed by atoms with Crippen LogP contribution in [-0.2, 0) is 27.5 Å². The number of ether oxygens (including phenoxy) is 3. The van der Waals surface area contributed by atoms with Crippen molar-refractivity contribution in [3.63, 3.8) is 0 Å². The van der Waals surface area contributed by atoms with Gasteiger partial charge in [-0.3, -0.25) is 9.36 Å². The minimum Gasteiger partial charge on any atom is -0.376 e. The lowest BCUT2D eigenvalue weighted by atomic mass is 10.0. The summed E-state index contributed by atoms with van der Waals surface area (Å²) in [6.45, 7) is 2.24. The van der Waals surface area contributed by atoms with Crippen LogP contribution in [0.2, 0.25) is 0 Å². The summed E-state index contributed by atoms with van der Waals surface area (Å²) >= 11 is 2.26. The van der Waals surface area contributed by atoms with Crippen LogP contribution in [0.3, 0.4) is 0 Å². The van der Waals surface area contributed by atoms with Gasteiger partial charge < -0.3 is 14.2 Å². The van der Waals surface area contributed by atoms with Gasteiger partial charge in [0.05, 0.1) is 12.7 Å². The van der Waals surface area contributed by atoms with Gasteiger partial charge in [0.1, 0.15) is 12.8 Å². The highest BCUT2D eigenvalue weighted by atomic mass is 127. The van der Waals surface area contributed by atoms with Crippen LogP contribution in [0.5, 0.6) is 0 Å². The number of hydrogen-bond donors (Lipinski definition) is 0. The molecule has 0 saturated carbocycles. The van der Waals surface area contributed by atoms with Crippen molar-refractivity contribution in [2.24, 2.45) is 5.92 Å². The molecule has 3 rings (SSSR count). The van der Waals surface area contributed by atoms with Crippen molar-refractivity contribution >= 4 is 22.6 Å². The number of hydrogen-bond acceptors (Lipinski definition) is 5. The van der Waals surface area contributed by atoms with Crippen molar-refractivity contribution in [3.05, 3.63) is 69.0 Å². The van der Waals surface area contributed by atoms with E-state index >= 15 is 0 Å². The van der Waals surface area contributed by atoms with Crippen molar-refractivity contribution in [3.8, 4) is 0 Å². The molecule has 1 aliphatic heterocycles. The van der Waals surface area contributed by atoms with E-state index in [1.54, 1.807) is 7.11 Å². The average Bonchev–Trinajstić information content (AvgIpc) is 3.00. The Labute approximate surface area is 171 Å². The fourth-order valence-corrected chi connectivity index (χ4v) is 4.27. The Bertz CT molecular complexity index is 866. The maximum Gasteiger partial charge on any atom is 0.335 e. The fraction of sp³-hybridized carbons (Fsp3) is 0.474. The Hall–Kier alpha value is -1.49. The number of methoxy groups -OCH3 is 1. The number of alkyl halides is 1. The lowest BCUT2D eigenvalue weighted by Gasteiger charge is -2.22. The maximum atomic E-state index is 12.9. The van der Waals surface area contributed by atoms with Crippen molar-refractivity contribution in [2.45, 2.75) is 38.7 Å². The smallest absolute Gasteiger partial charge is 0.335 e. The molecule has 2 aromatic rings. The highest BCUT2D eigenvalue weighted by molar-refractivity contribution is 14.1. The Kier molecular flexibility index (Phi) is 6.85. The number of aromatic nitrogens is 2. The molecule has 0 spiro atoms. The molecular formula is C19H23IN2O5. The first-order chi connectivity index (χ1) is 13.1. The van der Waals surface area contributed by atoms with E-state index in [0.29, 0.717) is 6.61 Å². The van der Waals surface area contributed by atoms with Gasteiger partial charge in [0.25, 0.3) is 5.56 Å². The molecule has 1 fully saturated rings. The quantitative estimate of drug-likeness (QED) is 0.443. The third-order valence-electron chi connectivity index (χ3n) is 4.83. The van der Waals surface area contributed by atoms with Crippen molar-refractivity contribution in [1.29, 1.82) is 0 Å². The predicted molar refractivity (Wildman–Crippen MR) is 109 cm³/mol. The highest BCUT2D eigenvalue weighted by Crippen LogP contribution is 2.35. The zero-order valence-electron chi connectivity index (χ0n) is 15.3. The third-order valence-corrected chi connectivity index (χ3v) is 5.69. The van der Waals surface area contributed by atoms with Gasteiger partial charge in [-0.2, -0.15) is 0 Å². The topological polar surface area (TPSA) is 71.7 Å². The number of halogens is 1. The summed E-state index contributed by atoms with van der Waals surface area (Å²) in [5.41, 5.74) is 0.0952. The minimum atomic E-state index is -0.571. The van der Waals surface area contributed by atoms with Crippen LogP contribution >= 0.6 is 22.6 Å². The zero-order valence-corrected chi connectivity index (χ0v) is 17.4. The summed E-state index contributed by atoms with van der Waals surface area (Å²) in [5.74, 6) is 0.138. The molecule has 2 heterocycles. The molecule has 0 amide bonds. The van der Waals surface area contributed by atoms with Crippen molar-refractivity contribution in [1.82, 2.24) is 9.13 Å². The second kappa shape index (κ2) is 9.13. The molecule has 0 N–H and O–H groups in total. The van der Waals surface area contributed by atoms with Crippen LogP contribution in [0.1, 0.15) is 18.7 Å². The molecule has 1 aromatic carbocycles. The first-order valence-electron chi connectivity index (χ1n) is 8.74. The summed E-state index contributed by atoms with van der Waals surface area (Å²) in [5, 5.41) is 0. The van der Waals surface area contributed by atoms with Gasteiger partial charge in [0.15, 0.2) is 6.23 Å². The van der Waals surface area contributed by atoms with Crippen LogP contribution in [-0.4, -0.2) is 32.9 Å². The predicted octanol–water partition coefficient (Wildman–Crippen LogP) is 2.17. The first kappa shape index (κ1) is 20.2. The third kappa shape index (κ3) is 4.34. The Balaban J connectivity index is 1.81. The number of nitrogens with zero attached hydrogens (tertiary/aromatic N) is 2. The molecule has 1 aromatic heterocycles. The standard InChI is InChI=1S/C19H23IN2O5/c1-13-15(10-20)27-18(17(13)25-2)21-9-8-16(23)22(19(21)24)12-26-11-14-6-4-3-5-7-14/h3-9,13,15,17-18H,10-12H2,1-2H3/t13-,15+,17?,18+/m0/s1. The van der Waals surface area contributed by atoms with Crippen molar-refractivity contribution in [2.75, 3.05) is 11.5 Å². The molecule has 7 nitrogen and oxygen atoms in total. The van der Waals surface area contributed by atoms with Crippen LogP contribution < -0.4 is 11.2 Å². The van der Waals surface area contributed by atoms with E-state index in [-0.39, 0.29) is 24.9 Å². The van der Waals surface area contributed by atoms with Gasteiger partial charge in [-0.15, -0.1) is 0 Å². The van der Waals surface area contributed by atoms with E-state index in [4.69, 9.17) is 14.2 Å². The number of rotatable bonds is 7.